The molecule has 1 saturated heterocycles. The molecule has 0 radical (unpaired) electrons. The van der Waals surface area contributed by atoms with Gasteiger partial charge in [-0.3, -0.25) is 9.78 Å². The highest BCUT2D eigenvalue weighted by Gasteiger charge is 2.29. The van der Waals surface area contributed by atoms with Crippen LogP contribution in [-0.4, -0.2) is 37.4 Å². The van der Waals surface area contributed by atoms with Crippen LogP contribution in [0.3, 0.4) is 0 Å². The normalized spacial score (nSPS) is 23.8. The summed E-state index contributed by atoms with van der Waals surface area (Å²) in [6.45, 7) is -0.0105. The van der Waals surface area contributed by atoms with Crippen LogP contribution in [0.2, 0.25) is 0 Å². The molecule has 0 spiro atoms. The predicted octanol–water partition coefficient (Wildman–Crippen LogP) is -0.788. The second kappa shape index (κ2) is 4.07. The van der Waals surface area contributed by atoms with E-state index in [2.05, 4.69) is 15.1 Å². The quantitative estimate of drug-likeness (QED) is 0.643. The maximum atomic E-state index is 11.6. The number of aromatic nitrogens is 4. The molecule has 1 aliphatic rings. The molecular weight excluding hydrogens is 238 g/mol. The third kappa shape index (κ3) is 1.66. The topological polar surface area (TPSA) is 119 Å². The Hall–Kier alpha value is -1.93. The molecule has 3 rings (SSSR count). The number of hydrogen-bond donors (Lipinski definition) is 3. The summed E-state index contributed by atoms with van der Waals surface area (Å²) in [5.41, 5.74) is 5.99. The largest absolute Gasteiger partial charge is 0.394 e. The molecule has 0 aromatic carbocycles. The van der Waals surface area contributed by atoms with Gasteiger partial charge in [-0.25, -0.2) is 9.50 Å². The molecule has 0 aliphatic carbocycles. The van der Waals surface area contributed by atoms with Crippen molar-refractivity contribution in [3.8, 4) is 0 Å². The van der Waals surface area contributed by atoms with Crippen molar-refractivity contribution in [3.05, 3.63) is 22.2 Å². The summed E-state index contributed by atoms with van der Waals surface area (Å²) in [7, 11) is 0. The third-order valence-electron chi connectivity index (χ3n) is 3.06. The fraction of sp³-hybridized carbons (Fsp3) is 0.500. The van der Waals surface area contributed by atoms with Crippen LogP contribution in [0.15, 0.2) is 11.0 Å². The predicted molar refractivity (Wildman–Crippen MR) is 62.0 cm³/mol. The van der Waals surface area contributed by atoms with Gasteiger partial charge in [-0.1, -0.05) is 0 Å². The fourth-order valence-corrected chi connectivity index (χ4v) is 2.20. The molecule has 8 nitrogen and oxygen atoms in total. The van der Waals surface area contributed by atoms with E-state index in [0.29, 0.717) is 5.69 Å². The van der Waals surface area contributed by atoms with E-state index < -0.39 is 0 Å². The van der Waals surface area contributed by atoms with E-state index in [9.17, 15) is 4.79 Å². The van der Waals surface area contributed by atoms with Gasteiger partial charge in [0.1, 0.15) is 6.10 Å². The maximum Gasteiger partial charge on any atom is 0.295 e. The lowest BCUT2D eigenvalue weighted by Gasteiger charge is -2.10. The van der Waals surface area contributed by atoms with Crippen molar-refractivity contribution in [1.29, 1.82) is 0 Å². The van der Waals surface area contributed by atoms with E-state index in [4.69, 9.17) is 15.6 Å². The van der Waals surface area contributed by atoms with Crippen LogP contribution in [0.4, 0.5) is 5.95 Å². The Morgan fingerprint density at radius 2 is 2.44 bits per heavy atom. The summed E-state index contributed by atoms with van der Waals surface area (Å²) in [6.07, 6.45) is 2.70. The number of nitrogens with one attached hydrogen (secondary N) is 1. The van der Waals surface area contributed by atoms with Gasteiger partial charge < -0.3 is 15.6 Å². The third-order valence-corrected chi connectivity index (χ3v) is 3.06. The van der Waals surface area contributed by atoms with Crippen molar-refractivity contribution in [1.82, 2.24) is 19.6 Å². The van der Waals surface area contributed by atoms with Crippen LogP contribution in [0.1, 0.15) is 24.6 Å². The average molecular weight is 251 g/mol. The standard InChI is InChI=1S/C10H13N5O3/c11-10-13-9(17)8-12-3-6(15(8)14-10)7-2-1-5(4-16)18-7/h3,5,7,16H,1-2,4H2,(H3,11,13,14,17)/t5?,7-/m1/s1. The number of anilines is 1. The van der Waals surface area contributed by atoms with Gasteiger partial charge in [0.2, 0.25) is 11.6 Å². The van der Waals surface area contributed by atoms with Crippen LogP contribution < -0.4 is 11.3 Å². The summed E-state index contributed by atoms with van der Waals surface area (Å²) in [6, 6.07) is 0. The first-order chi connectivity index (χ1) is 8.69. The zero-order chi connectivity index (χ0) is 12.7. The monoisotopic (exact) mass is 251 g/mol. The molecule has 3 heterocycles. The smallest absolute Gasteiger partial charge is 0.295 e. The van der Waals surface area contributed by atoms with Gasteiger partial charge in [-0.05, 0) is 12.8 Å². The van der Waals surface area contributed by atoms with Crippen molar-refractivity contribution in [3.63, 3.8) is 0 Å². The number of aromatic amines is 1. The average Bonchev–Trinajstić information content (AvgIpc) is 2.93. The molecule has 2 aromatic heterocycles. The Kier molecular flexibility index (Phi) is 2.53. The van der Waals surface area contributed by atoms with Crippen LogP contribution in [0, 0.1) is 0 Å². The fourth-order valence-electron chi connectivity index (χ4n) is 2.20. The molecule has 4 N–H and O–H groups in total. The molecule has 1 aliphatic heterocycles. The summed E-state index contributed by atoms with van der Waals surface area (Å²) in [4.78, 5) is 18.0. The molecule has 0 amide bonds. The lowest BCUT2D eigenvalue weighted by Crippen LogP contribution is -2.18. The maximum absolute atomic E-state index is 11.6. The molecule has 18 heavy (non-hydrogen) atoms. The van der Waals surface area contributed by atoms with Gasteiger partial charge >= 0.3 is 0 Å². The van der Waals surface area contributed by atoms with Crippen molar-refractivity contribution in [2.24, 2.45) is 0 Å². The van der Waals surface area contributed by atoms with E-state index in [1.54, 1.807) is 6.20 Å². The Labute approximate surface area is 101 Å². The highest BCUT2D eigenvalue weighted by Crippen LogP contribution is 2.32. The highest BCUT2D eigenvalue weighted by molar-refractivity contribution is 5.38. The SMILES string of the molecule is Nc1nn2c([C@H]3CCC(CO)O3)cnc2c(=O)[nH]1. The van der Waals surface area contributed by atoms with Gasteiger partial charge in [0.15, 0.2) is 0 Å². The molecule has 2 aromatic rings. The van der Waals surface area contributed by atoms with E-state index in [1.807, 2.05) is 0 Å². The number of imidazole rings is 1. The van der Waals surface area contributed by atoms with Crippen LogP contribution in [0.25, 0.3) is 5.65 Å². The molecule has 8 heteroatoms. The zero-order valence-corrected chi connectivity index (χ0v) is 9.54. The van der Waals surface area contributed by atoms with Crippen molar-refractivity contribution < 1.29 is 9.84 Å². The minimum Gasteiger partial charge on any atom is -0.394 e. The molecule has 1 unspecified atom stereocenters. The summed E-state index contributed by atoms with van der Waals surface area (Å²) in [5, 5.41) is 13.1. The highest BCUT2D eigenvalue weighted by atomic mass is 16.5. The minimum absolute atomic E-state index is 0.0105. The number of fused-ring (bicyclic) bond motifs is 1. The molecule has 0 bridgehead atoms. The molecule has 1 fully saturated rings. The lowest BCUT2D eigenvalue weighted by molar-refractivity contribution is 0.00852. The molecule has 2 atom stereocenters. The van der Waals surface area contributed by atoms with Crippen LogP contribution in [-0.2, 0) is 4.74 Å². The van der Waals surface area contributed by atoms with E-state index in [-0.39, 0.29) is 36.0 Å². The number of aliphatic hydroxyl groups is 1. The summed E-state index contributed by atoms with van der Waals surface area (Å²) in [5.74, 6) is 0.0310. The molecular formula is C10H13N5O3. The zero-order valence-electron chi connectivity index (χ0n) is 9.54. The van der Waals surface area contributed by atoms with Gasteiger partial charge in [0.05, 0.1) is 24.6 Å². The van der Waals surface area contributed by atoms with Crippen molar-refractivity contribution in [2.75, 3.05) is 12.3 Å². The van der Waals surface area contributed by atoms with Gasteiger partial charge in [0.25, 0.3) is 5.56 Å². The second-order valence-electron chi connectivity index (χ2n) is 4.26. The number of rotatable bonds is 2. The van der Waals surface area contributed by atoms with Crippen molar-refractivity contribution in [2.45, 2.75) is 25.0 Å². The molecule has 0 saturated carbocycles. The van der Waals surface area contributed by atoms with Crippen molar-refractivity contribution >= 4 is 11.6 Å². The number of ether oxygens (including phenoxy) is 1. The lowest BCUT2D eigenvalue weighted by atomic mass is 10.1. The number of nitrogens with zero attached hydrogens (tertiary/aromatic N) is 3. The number of nitrogens with two attached hydrogens (primary N) is 1. The Morgan fingerprint density at radius 1 is 1.61 bits per heavy atom. The first kappa shape index (κ1) is 11.2. The van der Waals surface area contributed by atoms with Crippen LogP contribution >= 0.6 is 0 Å². The minimum atomic E-state index is -0.384. The van der Waals surface area contributed by atoms with Gasteiger partial charge in [-0.15, -0.1) is 5.10 Å². The second-order valence-corrected chi connectivity index (χ2v) is 4.26. The first-order valence-corrected chi connectivity index (χ1v) is 5.69. The first-order valence-electron chi connectivity index (χ1n) is 5.69. The summed E-state index contributed by atoms with van der Waals surface area (Å²) >= 11 is 0. The van der Waals surface area contributed by atoms with E-state index in [0.717, 1.165) is 12.8 Å². The van der Waals surface area contributed by atoms with E-state index in [1.165, 1.54) is 4.52 Å². The number of hydrogen-bond acceptors (Lipinski definition) is 6. The van der Waals surface area contributed by atoms with Gasteiger partial charge in [0, 0.05) is 0 Å². The number of aliphatic hydroxyl groups excluding tert-OH is 1. The van der Waals surface area contributed by atoms with E-state index >= 15 is 0 Å². The summed E-state index contributed by atoms with van der Waals surface area (Å²) < 4.78 is 7.04. The number of H-pyrrole nitrogens is 1. The van der Waals surface area contributed by atoms with Crippen LogP contribution in [0.5, 0.6) is 0 Å². The Bertz CT molecular complexity index is 634. The Balaban J connectivity index is 2.05. The van der Waals surface area contributed by atoms with Gasteiger partial charge in [-0.2, -0.15) is 0 Å². The Morgan fingerprint density at radius 3 is 3.17 bits per heavy atom. The molecule has 96 valence electrons. The number of nitrogen functional groups attached to an aromatic ring is 1.